The molecule has 0 heterocycles. The highest BCUT2D eigenvalue weighted by Gasteiger charge is 2.11. The van der Waals surface area contributed by atoms with E-state index in [0.29, 0.717) is 0 Å². The normalized spacial score (nSPS) is 13.1. The molecule has 0 aromatic heterocycles. The van der Waals surface area contributed by atoms with Gasteiger partial charge in [0.15, 0.2) is 0 Å². The number of halogens is 1. The number of alkyl halides is 1. The van der Waals surface area contributed by atoms with Crippen molar-refractivity contribution in [2.75, 3.05) is 11.1 Å². The van der Waals surface area contributed by atoms with Crippen molar-refractivity contribution in [3.05, 3.63) is 35.4 Å². The Morgan fingerprint density at radius 1 is 1.31 bits per heavy atom. The Morgan fingerprint density at radius 2 is 2.06 bits per heavy atom. The van der Waals surface area contributed by atoms with Crippen molar-refractivity contribution in [3.8, 4) is 0 Å². The molecular formula is C14H21BrS. The second-order valence-electron chi connectivity index (χ2n) is 4.66. The largest absolute Gasteiger partial charge is 0.157 e. The van der Waals surface area contributed by atoms with Crippen molar-refractivity contribution in [1.82, 2.24) is 0 Å². The Hall–Kier alpha value is 0.0500. The number of rotatable bonds is 6. The van der Waals surface area contributed by atoms with Crippen LogP contribution < -0.4 is 0 Å². The summed E-state index contributed by atoms with van der Waals surface area (Å²) >= 11 is 5.65. The van der Waals surface area contributed by atoms with Gasteiger partial charge in [-0.25, -0.2) is 0 Å². The molecule has 1 unspecified atom stereocenters. The standard InChI is InChI=1S/C14H21BrS/c1-11(2)14(8-15)10-16-9-13-6-4-5-12(3)7-13/h4-7,11,14H,8-10H2,1-3H3. The fourth-order valence-corrected chi connectivity index (χ4v) is 4.16. The van der Waals surface area contributed by atoms with Crippen molar-refractivity contribution in [2.24, 2.45) is 11.8 Å². The lowest BCUT2D eigenvalue weighted by Gasteiger charge is -2.17. The van der Waals surface area contributed by atoms with Crippen molar-refractivity contribution in [1.29, 1.82) is 0 Å². The zero-order valence-electron chi connectivity index (χ0n) is 10.4. The Morgan fingerprint density at radius 3 is 2.62 bits per heavy atom. The summed E-state index contributed by atoms with van der Waals surface area (Å²) in [4.78, 5) is 0. The first kappa shape index (κ1) is 14.1. The second kappa shape index (κ2) is 7.39. The molecule has 0 saturated heterocycles. The molecule has 0 aliphatic heterocycles. The van der Waals surface area contributed by atoms with Gasteiger partial charge < -0.3 is 0 Å². The van der Waals surface area contributed by atoms with Gasteiger partial charge in [-0.05, 0) is 30.1 Å². The van der Waals surface area contributed by atoms with Crippen molar-refractivity contribution < 1.29 is 0 Å². The highest BCUT2D eigenvalue weighted by molar-refractivity contribution is 9.09. The van der Waals surface area contributed by atoms with E-state index in [4.69, 9.17) is 0 Å². The summed E-state index contributed by atoms with van der Waals surface area (Å²) in [7, 11) is 0. The Balaban J connectivity index is 2.35. The lowest BCUT2D eigenvalue weighted by Crippen LogP contribution is -2.13. The van der Waals surface area contributed by atoms with Crippen molar-refractivity contribution in [3.63, 3.8) is 0 Å². The van der Waals surface area contributed by atoms with Crippen molar-refractivity contribution in [2.45, 2.75) is 26.5 Å². The topological polar surface area (TPSA) is 0 Å². The fourth-order valence-electron chi connectivity index (χ4n) is 1.55. The maximum atomic E-state index is 3.60. The number of aryl methyl sites for hydroxylation is 1. The molecule has 1 atom stereocenters. The van der Waals surface area contributed by atoms with Crippen LogP contribution in [0, 0.1) is 18.8 Å². The molecule has 1 aromatic carbocycles. The van der Waals surface area contributed by atoms with E-state index in [1.54, 1.807) is 0 Å². The second-order valence-corrected chi connectivity index (χ2v) is 6.34. The van der Waals surface area contributed by atoms with Crippen LogP contribution in [0.25, 0.3) is 0 Å². The molecule has 0 aliphatic rings. The van der Waals surface area contributed by atoms with Crippen LogP contribution in [-0.4, -0.2) is 11.1 Å². The van der Waals surface area contributed by atoms with Crippen LogP contribution in [0.3, 0.4) is 0 Å². The number of thioether (sulfide) groups is 1. The van der Waals surface area contributed by atoms with E-state index >= 15 is 0 Å². The van der Waals surface area contributed by atoms with Crippen molar-refractivity contribution >= 4 is 27.7 Å². The number of hydrogen-bond donors (Lipinski definition) is 0. The van der Waals surface area contributed by atoms with Crippen LogP contribution in [0.2, 0.25) is 0 Å². The van der Waals surface area contributed by atoms with Gasteiger partial charge in [-0.1, -0.05) is 59.6 Å². The summed E-state index contributed by atoms with van der Waals surface area (Å²) in [5.74, 6) is 3.94. The van der Waals surface area contributed by atoms with Gasteiger partial charge in [0.25, 0.3) is 0 Å². The van der Waals surface area contributed by atoms with Gasteiger partial charge in [0, 0.05) is 11.1 Å². The smallest absolute Gasteiger partial charge is 0.0184 e. The summed E-state index contributed by atoms with van der Waals surface area (Å²) < 4.78 is 0. The first-order valence-corrected chi connectivity index (χ1v) is 8.10. The zero-order chi connectivity index (χ0) is 12.0. The number of hydrogen-bond acceptors (Lipinski definition) is 1. The molecule has 2 heteroatoms. The third kappa shape index (κ3) is 4.92. The molecule has 0 spiro atoms. The van der Waals surface area contributed by atoms with E-state index in [-0.39, 0.29) is 0 Å². The Kier molecular flexibility index (Phi) is 6.52. The minimum Gasteiger partial charge on any atom is -0.157 e. The lowest BCUT2D eigenvalue weighted by molar-refractivity contribution is 0.474. The molecule has 0 N–H and O–H groups in total. The van der Waals surface area contributed by atoms with Crippen LogP contribution in [-0.2, 0) is 5.75 Å². The van der Waals surface area contributed by atoms with Crippen LogP contribution in [0.5, 0.6) is 0 Å². The first-order valence-electron chi connectivity index (χ1n) is 5.82. The summed E-state index contributed by atoms with van der Waals surface area (Å²) in [5.41, 5.74) is 2.81. The maximum absolute atomic E-state index is 3.60. The summed E-state index contributed by atoms with van der Waals surface area (Å²) in [5, 5.41) is 1.12. The van der Waals surface area contributed by atoms with E-state index in [0.717, 1.165) is 22.9 Å². The van der Waals surface area contributed by atoms with Crippen LogP contribution in [0.1, 0.15) is 25.0 Å². The molecule has 0 aliphatic carbocycles. The minimum absolute atomic E-state index is 0.768. The monoisotopic (exact) mass is 300 g/mol. The molecule has 0 radical (unpaired) electrons. The predicted octanol–water partition coefficient (Wildman–Crippen LogP) is 4.90. The predicted molar refractivity (Wildman–Crippen MR) is 79.5 cm³/mol. The molecule has 16 heavy (non-hydrogen) atoms. The Bertz CT molecular complexity index is 309. The van der Waals surface area contributed by atoms with Gasteiger partial charge in [-0.15, -0.1) is 0 Å². The highest BCUT2D eigenvalue weighted by Crippen LogP contribution is 2.22. The zero-order valence-corrected chi connectivity index (χ0v) is 12.8. The van der Waals surface area contributed by atoms with E-state index in [9.17, 15) is 0 Å². The van der Waals surface area contributed by atoms with Gasteiger partial charge in [0.2, 0.25) is 0 Å². The lowest BCUT2D eigenvalue weighted by atomic mass is 10.0. The van der Waals surface area contributed by atoms with E-state index in [2.05, 4.69) is 61.0 Å². The average molecular weight is 301 g/mol. The quantitative estimate of drug-likeness (QED) is 0.674. The molecule has 0 amide bonds. The van der Waals surface area contributed by atoms with Gasteiger partial charge >= 0.3 is 0 Å². The molecule has 0 fully saturated rings. The van der Waals surface area contributed by atoms with Crippen LogP contribution in [0.15, 0.2) is 24.3 Å². The summed E-state index contributed by atoms with van der Waals surface area (Å²) in [6.45, 7) is 6.77. The molecule has 1 rings (SSSR count). The molecule has 0 saturated carbocycles. The van der Waals surface area contributed by atoms with Crippen LogP contribution >= 0.6 is 27.7 Å². The Labute approximate surface area is 112 Å². The number of benzene rings is 1. The van der Waals surface area contributed by atoms with Crippen LogP contribution in [0.4, 0.5) is 0 Å². The third-order valence-electron chi connectivity index (χ3n) is 2.82. The van der Waals surface area contributed by atoms with E-state index < -0.39 is 0 Å². The minimum atomic E-state index is 0.768. The van der Waals surface area contributed by atoms with Gasteiger partial charge in [-0.3, -0.25) is 0 Å². The van der Waals surface area contributed by atoms with E-state index in [1.807, 2.05) is 11.8 Å². The van der Waals surface area contributed by atoms with Gasteiger partial charge in [-0.2, -0.15) is 11.8 Å². The molecular weight excluding hydrogens is 280 g/mol. The third-order valence-corrected chi connectivity index (χ3v) is 4.86. The van der Waals surface area contributed by atoms with E-state index in [1.165, 1.54) is 16.9 Å². The highest BCUT2D eigenvalue weighted by atomic mass is 79.9. The summed E-state index contributed by atoms with van der Waals surface area (Å²) in [6, 6.07) is 8.81. The van der Waals surface area contributed by atoms with Gasteiger partial charge in [0.05, 0.1) is 0 Å². The summed E-state index contributed by atoms with van der Waals surface area (Å²) in [6.07, 6.45) is 0. The maximum Gasteiger partial charge on any atom is 0.0184 e. The van der Waals surface area contributed by atoms with Gasteiger partial charge in [0.1, 0.15) is 0 Å². The fraction of sp³-hybridized carbons (Fsp3) is 0.571. The molecule has 0 nitrogen and oxygen atoms in total. The molecule has 1 aromatic rings. The average Bonchev–Trinajstić information content (AvgIpc) is 2.24. The first-order chi connectivity index (χ1) is 7.63. The molecule has 90 valence electrons. The SMILES string of the molecule is Cc1cccc(CSCC(CBr)C(C)C)c1. The molecule has 0 bridgehead atoms.